The highest BCUT2D eigenvalue weighted by molar-refractivity contribution is 7.47. The van der Waals surface area contributed by atoms with E-state index in [1.54, 1.807) is 0 Å². The van der Waals surface area contributed by atoms with E-state index in [-0.39, 0.29) is 38.6 Å². The average molecular weight is 1230 g/mol. The molecule has 9 nitrogen and oxygen atoms in total. The summed E-state index contributed by atoms with van der Waals surface area (Å²) in [6.45, 7) is 3.63. The summed E-state index contributed by atoms with van der Waals surface area (Å²) in [6.07, 6.45) is 101. The number of allylic oxidation sites excluding steroid dienone is 22. The van der Waals surface area contributed by atoms with E-state index < -0.39 is 26.5 Å². The molecule has 2 unspecified atom stereocenters. The van der Waals surface area contributed by atoms with E-state index in [9.17, 15) is 19.0 Å². The largest absolute Gasteiger partial charge is 0.472 e. The van der Waals surface area contributed by atoms with Crippen LogP contribution in [0.4, 0.5) is 0 Å². The van der Waals surface area contributed by atoms with E-state index >= 15 is 0 Å². The van der Waals surface area contributed by atoms with Crippen LogP contribution in [0.3, 0.4) is 0 Å². The van der Waals surface area contributed by atoms with Crippen molar-refractivity contribution in [1.29, 1.82) is 0 Å². The van der Waals surface area contributed by atoms with Gasteiger partial charge in [-0.15, -0.1) is 0 Å². The van der Waals surface area contributed by atoms with Crippen molar-refractivity contribution in [2.75, 3.05) is 26.4 Å². The van der Waals surface area contributed by atoms with Crippen LogP contribution in [0.15, 0.2) is 134 Å². The summed E-state index contributed by atoms with van der Waals surface area (Å²) in [5.74, 6) is -0.842. The molecule has 0 aliphatic rings. The maximum absolute atomic E-state index is 12.8. The number of esters is 2. The Kier molecular flexibility index (Phi) is 68.1. The van der Waals surface area contributed by atoms with Crippen LogP contribution in [0.25, 0.3) is 0 Å². The van der Waals surface area contributed by atoms with Gasteiger partial charge in [0.15, 0.2) is 6.10 Å². The van der Waals surface area contributed by atoms with Gasteiger partial charge >= 0.3 is 19.8 Å². The summed E-state index contributed by atoms with van der Waals surface area (Å²) in [7, 11) is -4.41. The van der Waals surface area contributed by atoms with Gasteiger partial charge < -0.3 is 20.1 Å². The zero-order chi connectivity index (χ0) is 63.0. The van der Waals surface area contributed by atoms with Gasteiger partial charge in [-0.1, -0.05) is 314 Å². The highest BCUT2D eigenvalue weighted by Crippen LogP contribution is 2.43. The Morgan fingerprint density at radius 2 is 0.632 bits per heavy atom. The summed E-state index contributed by atoms with van der Waals surface area (Å²) in [4.78, 5) is 35.4. The van der Waals surface area contributed by atoms with Gasteiger partial charge in [0.25, 0.3) is 0 Å². The lowest BCUT2D eigenvalue weighted by Gasteiger charge is -2.19. The number of hydrogen-bond acceptors (Lipinski definition) is 8. The molecule has 0 fully saturated rings. The molecule has 0 spiro atoms. The van der Waals surface area contributed by atoms with Gasteiger partial charge in [-0.25, -0.2) is 4.57 Å². The predicted octanol–water partition coefficient (Wildman–Crippen LogP) is 23.6. The van der Waals surface area contributed by atoms with Crippen molar-refractivity contribution in [2.45, 2.75) is 315 Å². The number of nitrogens with two attached hydrogens (primary N) is 1. The normalized spacial score (nSPS) is 13.7. The lowest BCUT2D eigenvalue weighted by atomic mass is 10.0. The maximum Gasteiger partial charge on any atom is 0.472 e. The molecule has 0 aromatic heterocycles. The molecule has 0 amide bonds. The second kappa shape index (κ2) is 71.2. The molecule has 0 bridgehead atoms. The number of ether oxygens (including phenoxy) is 2. The number of carbonyl (C=O) groups excluding carboxylic acids is 2. The number of rotatable bonds is 66. The summed E-state index contributed by atoms with van der Waals surface area (Å²) >= 11 is 0. The van der Waals surface area contributed by atoms with E-state index in [0.29, 0.717) is 6.42 Å². The van der Waals surface area contributed by atoms with Gasteiger partial charge in [0.1, 0.15) is 6.61 Å². The van der Waals surface area contributed by atoms with Crippen LogP contribution in [0.2, 0.25) is 0 Å². The summed E-state index contributed by atoms with van der Waals surface area (Å²) in [6, 6.07) is 0. The second-order valence-electron chi connectivity index (χ2n) is 23.4. The SMILES string of the molecule is CC/C=C\C/C=C\C/C=C\C/C=C\C/C=C\C/C=C\C/C=C\C/C=C\C/C=C\C/C=C\CCCCCCCCC(=O)OC(COC(=O)CCCCCCCCCCCCCCCCCCC/C=C\CCCCCCCCCC)COP(=O)(O)OCCN. The molecule has 10 heteroatoms. The van der Waals surface area contributed by atoms with E-state index in [4.69, 9.17) is 24.3 Å². The van der Waals surface area contributed by atoms with E-state index in [1.165, 1.54) is 154 Å². The van der Waals surface area contributed by atoms with E-state index in [1.807, 2.05) is 0 Å². The van der Waals surface area contributed by atoms with Crippen molar-refractivity contribution in [3.05, 3.63) is 134 Å². The number of phosphoric acid groups is 1. The Morgan fingerprint density at radius 3 is 0.954 bits per heavy atom. The van der Waals surface area contributed by atoms with Gasteiger partial charge in [0.2, 0.25) is 0 Å². The number of hydrogen-bond donors (Lipinski definition) is 2. The highest BCUT2D eigenvalue weighted by atomic mass is 31.2. The molecular weight excluding hydrogens is 1100 g/mol. The van der Waals surface area contributed by atoms with Gasteiger partial charge in [-0.2, -0.15) is 0 Å². The molecule has 2 atom stereocenters. The highest BCUT2D eigenvalue weighted by Gasteiger charge is 2.26. The number of phosphoric ester groups is 1. The lowest BCUT2D eigenvalue weighted by Crippen LogP contribution is -2.29. The molecule has 3 N–H and O–H groups in total. The van der Waals surface area contributed by atoms with Gasteiger partial charge in [-0.05, 0) is 116 Å². The topological polar surface area (TPSA) is 134 Å². The number of unbranched alkanes of at least 4 members (excludes halogenated alkanes) is 31. The predicted molar refractivity (Wildman–Crippen MR) is 376 cm³/mol. The first-order chi connectivity index (χ1) is 42.8. The minimum Gasteiger partial charge on any atom is -0.462 e. The molecule has 0 aliphatic carbocycles. The molecule has 498 valence electrons. The monoisotopic (exact) mass is 1230 g/mol. The Bertz CT molecular complexity index is 1890. The van der Waals surface area contributed by atoms with Crippen LogP contribution in [0.1, 0.15) is 309 Å². The first kappa shape index (κ1) is 83.2. The average Bonchev–Trinajstić information content (AvgIpc) is 3.65. The van der Waals surface area contributed by atoms with Crippen LogP contribution in [-0.4, -0.2) is 49.3 Å². The molecule has 0 aliphatic heterocycles. The van der Waals surface area contributed by atoms with Crippen LogP contribution in [0, 0.1) is 0 Å². The van der Waals surface area contributed by atoms with Crippen molar-refractivity contribution >= 4 is 19.8 Å². The smallest absolute Gasteiger partial charge is 0.462 e. The molecule has 0 heterocycles. The molecule has 0 aromatic carbocycles. The minimum atomic E-state index is -4.41. The standard InChI is InChI=1S/C77H132NO8P/c1-3-5-7-9-11-13-15-17-19-21-23-25-27-29-31-33-34-35-36-37-38-39-40-42-44-46-48-50-52-54-56-58-60-62-64-66-68-70-77(80)86-75(74-85-87(81,82)84-72-71-78)73-83-76(79)69-67-65-63-61-59-57-55-53-51-49-47-45-43-41-32-30-28-26-24-22-20-18-16-14-12-10-8-6-4-2/h5,7,11,13,17,19,22-25,29,31,34-35,37-38,40,42,46,48,52,54,75H,3-4,6,8-10,12,14-16,18,20-21,26-28,30,32-33,36,39,41,43-45,47,49-51,53,55-74,78H2,1-2H3,(H,81,82)/b7-5-,13-11-,19-17-,24-22-,25-23-,31-29-,35-34-,38-37-,42-40-,48-46-,54-52-. The van der Waals surface area contributed by atoms with Crippen LogP contribution < -0.4 is 5.73 Å². The number of carbonyl (C=O) groups is 2. The van der Waals surface area contributed by atoms with Crippen molar-refractivity contribution in [3.63, 3.8) is 0 Å². The van der Waals surface area contributed by atoms with Crippen LogP contribution in [0.5, 0.6) is 0 Å². The molecule has 0 saturated carbocycles. The van der Waals surface area contributed by atoms with Crippen molar-refractivity contribution in [3.8, 4) is 0 Å². The van der Waals surface area contributed by atoms with E-state index in [0.717, 1.165) is 122 Å². The van der Waals surface area contributed by atoms with Crippen molar-refractivity contribution in [2.24, 2.45) is 5.73 Å². The Morgan fingerprint density at radius 1 is 0.356 bits per heavy atom. The van der Waals surface area contributed by atoms with Crippen molar-refractivity contribution in [1.82, 2.24) is 0 Å². The fourth-order valence-corrected chi connectivity index (χ4v) is 10.5. The summed E-state index contributed by atoms with van der Waals surface area (Å²) < 4.78 is 33.2. The van der Waals surface area contributed by atoms with E-state index in [2.05, 4.69) is 148 Å². The van der Waals surface area contributed by atoms with Gasteiger partial charge in [0.05, 0.1) is 13.2 Å². The molecule has 87 heavy (non-hydrogen) atoms. The zero-order valence-corrected chi connectivity index (χ0v) is 56.9. The minimum absolute atomic E-state index is 0.0454. The third-order valence-electron chi connectivity index (χ3n) is 15.0. The molecule has 0 rings (SSSR count). The molecular formula is C77H132NO8P. The fourth-order valence-electron chi connectivity index (χ4n) is 9.78. The van der Waals surface area contributed by atoms with Gasteiger partial charge in [0, 0.05) is 19.4 Å². The first-order valence-corrected chi connectivity index (χ1v) is 37.2. The molecule has 0 radical (unpaired) electrons. The summed E-state index contributed by atoms with van der Waals surface area (Å²) in [5.41, 5.74) is 5.40. The third-order valence-corrected chi connectivity index (χ3v) is 16.0. The van der Waals surface area contributed by atoms with Crippen LogP contribution >= 0.6 is 7.82 Å². The Hall–Kier alpha value is -3.85. The second-order valence-corrected chi connectivity index (χ2v) is 24.8. The quantitative estimate of drug-likeness (QED) is 0.0264. The van der Waals surface area contributed by atoms with Gasteiger partial charge in [-0.3, -0.25) is 18.6 Å². The third kappa shape index (κ3) is 71.1. The lowest BCUT2D eigenvalue weighted by molar-refractivity contribution is -0.161. The van der Waals surface area contributed by atoms with Crippen LogP contribution in [-0.2, 0) is 32.7 Å². The summed E-state index contributed by atoms with van der Waals surface area (Å²) in [5, 5.41) is 0. The molecule has 0 aromatic rings. The first-order valence-electron chi connectivity index (χ1n) is 35.7. The zero-order valence-electron chi connectivity index (χ0n) is 56.0. The molecule has 0 saturated heterocycles. The maximum atomic E-state index is 12.8. The Labute approximate surface area is 535 Å². The Balaban J connectivity index is 3.96. The fraction of sp³-hybridized carbons (Fsp3) is 0.688. The van der Waals surface area contributed by atoms with Crippen molar-refractivity contribution < 1.29 is 37.6 Å².